The number of rotatable bonds is 1. The fourth-order valence-electron chi connectivity index (χ4n) is 1.65. The van der Waals surface area contributed by atoms with Crippen LogP contribution in [0.15, 0.2) is 12.3 Å². The number of amides is 1. The van der Waals surface area contributed by atoms with Crippen LogP contribution in [0.4, 0.5) is 19.1 Å². The van der Waals surface area contributed by atoms with Gasteiger partial charge in [-0.25, -0.2) is 9.97 Å². The van der Waals surface area contributed by atoms with Crippen molar-refractivity contribution in [2.75, 3.05) is 11.4 Å². The molecule has 4 nitrogen and oxygen atoms in total. The molecule has 0 aliphatic carbocycles. The van der Waals surface area contributed by atoms with Crippen LogP contribution in [0.25, 0.3) is 0 Å². The van der Waals surface area contributed by atoms with Gasteiger partial charge in [-0.1, -0.05) is 0 Å². The van der Waals surface area contributed by atoms with Crippen molar-refractivity contribution in [1.82, 2.24) is 9.97 Å². The molecule has 1 saturated heterocycles. The summed E-state index contributed by atoms with van der Waals surface area (Å²) >= 11 is 0. The Morgan fingerprint density at radius 3 is 2.78 bits per heavy atom. The number of aromatic nitrogens is 2. The highest BCUT2D eigenvalue weighted by Crippen LogP contribution is 2.29. The molecular formula is C11H8F3N3O. The molecular weight excluding hydrogens is 247 g/mol. The van der Waals surface area contributed by atoms with E-state index >= 15 is 0 Å². The van der Waals surface area contributed by atoms with Gasteiger partial charge in [0.1, 0.15) is 5.69 Å². The van der Waals surface area contributed by atoms with Crippen molar-refractivity contribution in [1.29, 1.82) is 0 Å². The summed E-state index contributed by atoms with van der Waals surface area (Å²) in [5, 5.41) is 0. The van der Waals surface area contributed by atoms with Crippen LogP contribution < -0.4 is 4.90 Å². The second-order valence-corrected chi connectivity index (χ2v) is 3.81. The molecule has 1 aromatic rings. The lowest BCUT2D eigenvalue weighted by atomic mass is 10.1. The van der Waals surface area contributed by atoms with E-state index in [2.05, 4.69) is 15.9 Å². The molecule has 2 heterocycles. The van der Waals surface area contributed by atoms with Gasteiger partial charge in [0.25, 0.3) is 0 Å². The van der Waals surface area contributed by atoms with E-state index in [0.717, 1.165) is 17.2 Å². The molecule has 1 aliphatic heterocycles. The predicted octanol–water partition coefficient (Wildman–Crippen LogP) is 1.48. The van der Waals surface area contributed by atoms with Crippen LogP contribution in [-0.4, -0.2) is 22.4 Å². The first-order valence-electron chi connectivity index (χ1n) is 5.08. The Kier molecular flexibility index (Phi) is 2.95. The van der Waals surface area contributed by atoms with Crippen molar-refractivity contribution >= 4 is 11.9 Å². The summed E-state index contributed by atoms with van der Waals surface area (Å²) in [6, 6.07) is 0.753. The summed E-state index contributed by atoms with van der Waals surface area (Å²) < 4.78 is 37.4. The maximum absolute atomic E-state index is 12.5. The Labute approximate surface area is 101 Å². The molecule has 1 fully saturated rings. The van der Waals surface area contributed by atoms with E-state index in [9.17, 15) is 18.0 Å². The number of nitrogens with zero attached hydrogens (tertiary/aromatic N) is 3. The molecule has 1 atom stereocenters. The lowest BCUT2D eigenvalue weighted by Crippen LogP contribution is -2.27. The second kappa shape index (κ2) is 4.29. The summed E-state index contributed by atoms with van der Waals surface area (Å²) in [6.45, 7) is 0.149. The predicted molar refractivity (Wildman–Crippen MR) is 56.3 cm³/mol. The van der Waals surface area contributed by atoms with Gasteiger partial charge < -0.3 is 0 Å². The zero-order valence-corrected chi connectivity index (χ0v) is 9.11. The third kappa shape index (κ3) is 2.27. The molecule has 0 N–H and O–H groups in total. The number of alkyl halides is 3. The zero-order valence-electron chi connectivity index (χ0n) is 9.11. The first-order chi connectivity index (χ1) is 8.41. The summed E-state index contributed by atoms with van der Waals surface area (Å²) in [6.07, 6.45) is 1.70. The number of carbonyl (C=O) groups excluding carboxylic acids is 1. The van der Waals surface area contributed by atoms with Crippen molar-refractivity contribution in [3.8, 4) is 12.3 Å². The van der Waals surface area contributed by atoms with Gasteiger partial charge in [0.2, 0.25) is 11.9 Å². The third-order valence-electron chi connectivity index (χ3n) is 2.54. The number of hydrogen-bond donors (Lipinski definition) is 0. The minimum absolute atomic E-state index is 0.107. The summed E-state index contributed by atoms with van der Waals surface area (Å²) in [5.41, 5.74) is -1.08. The van der Waals surface area contributed by atoms with E-state index < -0.39 is 11.9 Å². The molecule has 0 aromatic carbocycles. The number of carbonyl (C=O) groups is 1. The highest BCUT2D eigenvalue weighted by molar-refractivity contribution is 5.94. The molecule has 1 aliphatic rings. The standard InChI is InChI=1S/C11H8F3N3O/c1-2-7-5-9(18)17(6-7)10-15-4-3-8(16-10)11(12,13)14/h1,3-4,7H,5-6H2. The van der Waals surface area contributed by atoms with Gasteiger partial charge in [-0.2, -0.15) is 13.2 Å². The van der Waals surface area contributed by atoms with Crippen LogP contribution in [-0.2, 0) is 11.0 Å². The third-order valence-corrected chi connectivity index (χ3v) is 2.54. The highest BCUT2D eigenvalue weighted by Gasteiger charge is 2.35. The second-order valence-electron chi connectivity index (χ2n) is 3.81. The normalized spacial score (nSPS) is 20.0. The Bertz CT molecular complexity index is 521. The summed E-state index contributed by atoms with van der Waals surface area (Å²) in [7, 11) is 0. The van der Waals surface area contributed by atoms with Gasteiger partial charge in [0, 0.05) is 25.1 Å². The lowest BCUT2D eigenvalue weighted by Gasteiger charge is -2.14. The van der Waals surface area contributed by atoms with E-state index in [0.29, 0.717) is 0 Å². The maximum Gasteiger partial charge on any atom is 0.433 e. The summed E-state index contributed by atoms with van der Waals surface area (Å²) in [4.78, 5) is 19.7. The van der Waals surface area contributed by atoms with E-state index in [4.69, 9.17) is 6.42 Å². The van der Waals surface area contributed by atoms with Crippen molar-refractivity contribution in [2.24, 2.45) is 5.92 Å². The van der Waals surface area contributed by atoms with Crippen LogP contribution >= 0.6 is 0 Å². The van der Waals surface area contributed by atoms with Crippen LogP contribution in [0.3, 0.4) is 0 Å². The quantitative estimate of drug-likeness (QED) is 0.714. The molecule has 94 valence electrons. The minimum Gasteiger partial charge on any atom is -0.279 e. The maximum atomic E-state index is 12.5. The van der Waals surface area contributed by atoms with Crippen molar-refractivity contribution in [3.63, 3.8) is 0 Å². The van der Waals surface area contributed by atoms with Crippen LogP contribution in [0.2, 0.25) is 0 Å². The number of halogens is 3. The molecule has 0 saturated carbocycles. The molecule has 1 unspecified atom stereocenters. The van der Waals surface area contributed by atoms with Crippen molar-refractivity contribution < 1.29 is 18.0 Å². The average Bonchev–Trinajstić information content (AvgIpc) is 2.70. The fraction of sp³-hybridized carbons (Fsp3) is 0.364. The molecule has 2 rings (SSSR count). The molecule has 0 radical (unpaired) electrons. The highest BCUT2D eigenvalue weighted by atomic mass is 19.4. The lowest BCUT2D eigenvalue weighted by molar-refractivity contribution is -0.141. The van der Waals surface area contributed by atoms with Crippen LogP contribution in [0.1, 0.15) is 12.1 Å². The molecule has 7 heteroatoms. The zero-order chi connectivity index (χ0) is 13.3. The van der Waals surface area contributed by atoms with Crippen LogP contribution in [0, 0.1) is 18.3 Å². The van der Waals surface area contributed by atoms with E-state index in [1.165, 1.54) is 0 Å². The average molecular weight is 255 g/mol. The molecule has 0 bridgehead atoms. The largest absolute Gasteiger partial charge is 0.433 e. The first-order valence-corrected chi connectivity index (χ1v) is 5.08. The Morgan fingerprint density at radius 2 is 2.22 bits per heavy atom. The van der Waals surface area contributed by atoms with Gasteiger partial charge in [0.15, 0.2) is 0 Å². The van der Waals surface area contributed by atoms with Gasteiger partial charge in [0.05, 0.1) is 0 Å². The Balaban J connectivity index is 2.30. The molecule has 1 amide bonds. The van der Waals surface area contributed by atoms with Gasteiger partial charge in [-0.05, 0) is 6.07 Å². The van der Waals surface area contributed by atoms with Gasteiger partial charge in [-0.3, -0.25) is 9.69 Å². The first kappa shape index (κ1) is 12.4. The van der Waals surface area contributed by atoms with Gasteiger partial charge >= 0.3 is 6.18 Å². The van der Waals surface area contributed by atoms with Crippen molar-refractivity contribution in [2.45, 2.75) is 12.6 Å². The Morgan fingerprint density at radius 1 is 1.50 bits per heavy atom. The smallest absolute Gasteiger partial charge is 0.279 e. The van der Waals surface area contributed by atoms with E-state index in [1.54, 1.807) is 0 Å². The van der Waals surface area contributed by atoms with E-state index in [1.807, 2.05) is 0 Å². The van der Waals surface area contributed by atoms with Gasteiger partial charge in [-0.15, -0.1) is 12.3 Å². The van der Waals surface area contributed by atoms with Crippen molar-refractivity contribution in [3.05, 3.63) is 18.0 Å². The Hall–Kier alpha value is -2.10. The van der Waals surface area contributed by atoms with E-state index in [-0.39, 0.29) is 30.7 Å². The monoisotopic (exact) mass is 255 g/mol. The van der Waals surface area contributed by atoms with Crippen LogP contribution in [0.5, 0.6) is 0 Å². The molecule has 18 heavy (non-hydrogen) atoms. The number of anilines is 1. The topological polar surface area (TPSA) is 46.1 Å². The SMILES string of the molecule is C#CC1CC(=O)N(c2nccc(C(F)(F)F)n2)C1. The number of hydrogen-bond acceptors (Lipinski definition) is 3. The fourth-order valence-corrected chi connectivity index (χ4v) is 1.65. The molecule has 1 aromatic heterocycles. The molecule has 0 spiro atoms. The summed E-state index contributed by atoms with van der Waals surface area (Å²) in [5.74, 6) is 1.47. The minimum atomic E-state index is -4.56. The number of terminal acetylenes is 1.